The number of benzene rings is 2. The molecule has 1 unspecified atom stereocenters. The van der Waals surface area contributed by atoms with Crippen molar-refractivity contribution in [3.8, 4) is 5.75 Å². The van der Waals surface area contributed by atoms with E-state index in [1.165, 1.54) is 51.5 Å². The van der Waals surface area contributed by atoms with E-state index in [9.17, 15) is 19.8 Å². The average molecular weight is 537 g/mol. The molecule has 0 radical (unpaired) electrons. The number of phenolic OH excluding ortho intramolecular Hbond substituents is 1. The maximum absolute atomic E-state index is 13.6. The summed E-state index contributed by atoms with van der Waals surface area (Å²) in [6.45, 7) is 3.50. The Morgan fingerprint density at radius 2 is 1.83 bits per heavy atom. The molecule has 1 aliphatic rings. The Kier molecular flexibility index (Phi) is 6.61. The molecular weight excluding hydrogens is 517 g/mol. The third-order valence-corrected chi connectivity index (χ3v) is 8.75. The van der Waals surface area contributed by atoms with Gasteiger partial charge in [-0.05, 0) is 37.1 Å². The number of hydrogen-bond acceptors (Lipinski definition) is 10. The molecule has 1 atom stereocenters. The molecule has 0 spiro atoms. The van der Waals surface area contributed by atoms with E-state index >= 15 is 0 Å². The van der Waals surface area contributed by atoms with Crippen LogP contribution in [-0.4, -0.2) is 37.1 Å². The van der Waals surface area contributed by atoms with Crippen molar-refractivity contribution in [3.05, 3.63) is 92.6 Å². The number of nitrogens with zero attached hydrogens (tertiary/aromatic N) is 4. The van der Waals surface area contributed by atoms with Crippen molar-refractivity contribution in [2.45, 2.75) is 30.0 Å². The van der Waals surface area contributed by atoms with Crippen LogP contribution in [0.25, 0.3) is 0 Å². The maximum Gasteiger partial charge on any atom is 0.296 e. The first-order chi connectivity index (χ1) is 17.3. The van der Waals surface area contributed by atoms with Crippen LogP contribution in [0.15, 0.2) is 70.3 Å². The van der Waals surface area contributed by atoms with Crippen LogP contribution < -0.4 is 4.90 Å². The molecule has 36 heavy (non-hydrogen) atoms. The molecule has 5 rings (SSSR count). The molecule has 0 aliphatic carbocycles. The third kappa shape index (κ3) is 4.52. The van der Waals surface area contributed by atoms with Gasteiger partial charge in [-0.2, -0.15) is 0 Å². The number of thioether (sulfide) groups is 1. The lowest BCUT2D eigenvalue weighted by atomic mass is 9.95. The van der Waals surface area contributed by atoms with Crippen LogP contribution in [0.3, 0.4) is 0 Å². The van der Waals surface area contributed by atoms with Gasteiger partial charge in [0.2, 0.25) is 10.9 Å². The summed E-state index contributed by atoms with van der Waals surface area (Å²) in [5.74, 6) is -1.23. The zero-order valence-corrected chi connectivity index (χ0v) is 21.7. The molecule has 11 heteroatoms. The average Bonchev–Trinajstić information content (AvgIpc) is 3.54. The Morgan fingerprint density at radius 1 is 1.06 bits per heavy atom. The van der Waals surface area contributed by atoms with E-state index in [0.717, 1.165) is 5.56 Å². The molecule has 182 valence electrons. The van der Waals surface area contributed by atoms with Gasteiger partial charge in [0.15, 0.2) is 10.1 Å². The molecule has 2 aromatic carbocycles. The molecule has 3 heterocycles. The van der Waals surface area contributed by atoms with Crippen LogP contribution in [0.5, 0.6) is 5.75 Å². The number of rotatable bonds is 7. The van der Waals surface area contributed by atoms with Gasteiger partial charge in [0.1, 0.15) is 5.75 Å². The number of aliphatic hydroxyl groups excluding tert-OH is 1. The van der Waals surface area contributed by atoms with Gasteiger partial charge in [-0.15, -0.1) is 21.5 Å². The summed E-state index contributed by atoms with van der Waals surface area (Å²) in [7, 11) is 0. The molecule has 1 amide bonds. The van der Waals surface area contributed by atoms with Gasteiger partial charge in [0.05, 0.1) is 27.2 Å². The van der Waals surface area contributed by atoms with Crippen molar-refractivity contribution in [2.75, 3.05) is 4.90 Å². The highest BCUT2D eigenvalue weighted by Crippen LogP contribution is 2.45. The van der Waals surface area contributed by atoms with E-state index in [1.54, 1.807) is 26.0 Å². The monoisotopic (exact) mass is 536 g/mol. The molecule has 0 saturated heterocycles. The number of carbonyl (C=O) groups is 2. The fourth-order valence-electron chi connectivity index (χ4n) is 3.99. The first kappa shape index (κ1) is 24.2. The van der Waals surface area contributed by atoms with E-state index in [4.69, 9.17) is 0 Å². The number of aromatic nitrogens is 3. The maximum atomic E-state index is 13.6. The van der Waals surface area contributed by atoms with Crippen LogP contribution in [0.4, 0.5) is 5.13 Å². The molecule has 0 saturated carbocycles. The predicted molar refractivity (Wildman–Crippen MR) is 140 cm³/mol. The van der Waals surface area contributed by atoms with Crippen LogP contribution in [0.1, 0.15) is 37.5 Å². The van der Waals surface area contributed by atoms with Gasteiger partial charge in [0.25, 0.3) is 5.91 Å². The minimum absolute atomic E-state index is 0.0285. The molecule has 0 fully saturated rings. The fraction of sp³-hybridized carbons (Fsp3) is 0.160. The second-order valence-electron chi connectivity index (χ2n) is 8.04. The highest BCUT2D eigenvalue weighted by Gasteiger charge is 2.46. The topological polar surface area (TPSA) is 117 Å². The summed E-state index contributed by atoms with van der Waals surface area (Å²) in [5, 5.41) is 30.4. The van der Waals surface area contributed by atoms with Crippen molar-refractivity contribution in [1.29, 1.82) is 0 Å². The van der Waals surface area contributed by atoms with Crippen LogP contribution in [-0.2, 0) is 10.5 Å². The third-order valence-electron chi connectivity index (χ3n) is 5.56. The second kappa shape index (κ2) is 9.84. The predicted octanol–water partition coefficient (Wildman–Crippen LogP) is 5.39. The Balaban J connectivity index is 1.53. The standard InChI is InChI=1S/C25H20N4O4S3/c1-13-22(35-14(2)26-13)20(31)18-19(16-9-6-10-17(30)11-16)29(23(33)21(18)32)24-27-28-25(36-24)34-12-15-7-4-3-5-8-15/h3-11,19,30,32H,12H2,1-2H3. The van der Waals surface area contributed by atoms with Crippen LogP contribution in [0.2, 0.25) is 0 Å². The van der Waals surface area contributed by atoms with E-state index in [0.29, 0.717) is 31.2 Å². The van der Waals surface area contributed by atoms with E-state index in [1.807, 2.05) is 30.3 Å². The number of hydrogen-bond donors (Lipinski definition) is 2. The summed E-state index contributed by atoms with van der Waals surface area (Å²) in [6.07, 6.45) is 0. The summed E-state index contributed by atoms with van der Waals surface area (Å²) < 4.78 is 0.643. The Hall–Kier alpha value is -3.54. The van der Waals surface area contributed by atoms with Crippen molar-refractivity contribution in [2.24, 2.45) is 0 Å². The van der Waals surface area contributed by atoms with Gasteiger partial charge >= 0.3 is 0 Å². The highest BCUT2D eigenvalue weighted by atomic mass is 32.2. The second-order valence-corrected chi connectivity index (χ2v) is 11.4. The number of aliphatic hydroxyl groups is 1. The number of thiazole rings is 1. The molecular formula is C25H20N4O4S3. The number of aromatic hydroxyl groups is 1. The molecule has 1 aliphatic heterocycles. The fourth-order valence-corrected chi connectivity index (χ4v) is 6.68. The first-order valence-electron chi connectivity index (χ1n) is 10.9. The highest BCUT2D eigenvalue weighted by molar-refractivity contribution is 8.00. The summed E-state index contributed by atoms with van der Waals surface area (Å²) in [5.41, 5.74) is 2.03. The van der Waals surface area contributed by atoms with E-state index in [-0.39, 0.29) is 16.5 Å². The SMILES string of the molecule is Cc1nc(C)c(C(=O)C2=C(O)C(=O)N(c3nnc(SCc4ccccc4)s3)C2c2cccc(O)c2)s1. The number of carbonyl (C=O) groups excluding carboxylic acids is 2. The summed E-state index contributed by atoms with van der Waals surface area (Å²) in [6, 6.07) is 15.2. The van der Waals surface area contributed by atoms with Gasteiger partial charge in [-0.3, -0.25) is 14.5 Å². The van der Waals surface area contributed by atoms with E-state index < -0.39 is 23.5 Å². The van der Waals surface area contributed by atoms with Crippen molar-refractivity contribution >= 4 is 51.3 Å². The number of aryl methyl sites for hydroxylation is 2. The number of phenols is 1. The Morgan fingerprint density at radius 3 is 2.53 bits per heavy atom. The lowest BCUT2D eigenvalue weighted by Crippen LogP contribution is -2.31. The summed E-state index contributed by atoms with van der Waals surface area (Å²) in [4.78, 5) is 32.9. The number of anilines is 1. The normalized spacial score (nSPS) is 15.7. The van der Waals surface area contributed by atoms with Crippen LogP contribution >= 0.6 is 34.4 Å². The van der Waals surface area contributed by atoms with Crippen molar-refractivity contribution in [3.63, 3.8) is 0 Å². The number of ketones is 1. The molecule has 2 N–H and O–H groups in total. The van der Waals surface area contributed by atoms with Crippen LogP contribution in [0, 0.1) is 13.8 Å². The van der Waals surface area contributed by atoms with Gasteiger partial charge in [-0.1, -0.05) is 65.6 Å². The largest absolute Gasteiger partial charge is 0.508 e. The van der Waals surface area contributed by atoms with Gasteiger partial charge in [0, 0.05) is 5.75 Å². The molecule has 2 aromatic heterocycles. The first-order valence-corrected chi connectivity index (χ1v) is 13.5. The lowest BCUT2D eigenvalue weighted by Gasteiger charge is -2.24. The number of Topliss-reactive ketones (excluding diaryl/α,β-unsaturated/α-hetero) is 1. The smallest absolute Gasteiger partial charge is 0.296 e. The minimum atomic E-state index is -0.987. The Labute approximate surface area is 219 Å². The molecule has 8 nitrogen and oxygen atoms in total. The zero-order valence-electron chi connectivity index (χ0n) is 19.2. The Bertz CT molecular complexity index is 1500. The zero-order chi connectivity index (χ0) is 25.4. The molecule has 4 aromatic rings. The van der Waals surface area contributed by atoms with Crippen molar-refractivity contribution in [1.82, 2.24) is 15.2 Å². The van der Waals surface area contributed by atoms with Crippen molar-refractivity contribution < 1.29 is 19.8 Å². The quantitative estimate of drug-likeness (QED) is 0.183. The summed E-state index contributed by atoms with van der Waals surface area (Å²) >= 11 is 3.88. The molecule has 0 bridgehead atoms. The minimum Gasteiger partial charge on any atom is -0.508 e. The van der Waals surface area contributed by atoms with Gasteiger partial charge in [-0.25, -0.2) is 4.98 Å². The van der Waals surface area contributed by atoms with Gasteiger partial charge < -0.3 is 10.2 Å². The lowest BCUT2D eigenvalue weighted by molar-refractivity contribution is -0.117. The number of amides is 1. The van der Waals surface area contributed by atoms with E-state index in [2.05, 4.69) is 15.2 Å².